The average Bonchev–Trinajstić information content (AvgIpc) is 3.72. The quantitative estimate of drug-likeness (QED) is 0.0994. The molecule has 5 N–H and O–H groups in total. The number of nitrogens with two attached hydrogens (primary N) is 2. The van der Waals surface area contributed by atoms with Gasteiger partial charge in [-0.05, 0) is 36.6 Å². The van der Waals surface area contributed by atoms with Crippen molar-refractivity contribution in [2.24, 2.45) is 4.99 Å². The minimum atomic E-state index is -5.19. The molecule has 2 amide bonds. The number of Topliss-reactive ketones (excluding diaryl/α,β-unsaturated/α-hetero) is 1. The van der Waals surface area contributed by atoms with Gasteiger partial charge in [0, 0.05) is 39.0 Å². The van der Waals surface area contributed by atoms with Crippen LogP contribution in [0.4, 0.5) is 26.3 Å². The number of nitrogens with one attached hydrogen (secondary N) is 1. The predicted octanol–water partition coefficient (Wildman–Crippen LogP) is 0.282. The number of amides is 2. The van der Waals surface area contributed by atoms with Crippen LogP contribution in [0.5, 0.6) is 0 Å². The molecule has 0 saturated heterocycles. The topological polar surface area (TPSA) is 196 Å². The Bertz CT molecular complexity index is 1660. The van der Waals surface area contributed by atoms with Gasteiger partial charge >= 0.3 is 12.4 Å². The number of carbonyl (C=O) groups excluding carboxylic acids is 5. The van der Waals surface area contributed by atoms with Gasteiger partial charge in [-0.2, -0.15) is 31.4 Å². The van der Waals surface area contributed by atoms with Crippen LogP contribution in [0.25, 0.3) is 5.70 Å². The summed E-state index contributed by atoms with van der Waals surface area (Å²) in [5.74, 6) is -5.28. The molecule has 2 heterocycles. The Kier molecular flexibility index (Phi) is 17.4. The molecular weight excluding hydrogens is 730 g/mol. The Morgan fingerprint density at radius 1 is 0.944 bits per heavy atom. The number of fused-ring (bicyclic) bond motifs is 1. The Hall–Kier alpha value is -5.14. The van der Waals surface area contributed by atoms with E-state index in [1.54, 1.807) is 11.0 Å². The van der Waals surface area contributed by atoms with E-state index >= 15 is 0 Å². The number of carboxylic acid groups (broad SMARTS) is 2. The van der Waals surface area contributed by atoms with Crippen LogP contribution < -0.4 is 26.3 Å². The SMILES string of the molecule is CCC(=O)CCCCC[C@H](NC(=O)c1cccc2c1C(=O)N(CC[NH2+]N(C)C)C2)C1=NC=C(c2ccccc2)[NH2+]1.O=C([O-])C(F)(F)F.O=C([O-])C(F)(F)F. The summed E-state index contributed by atoms with van der Waals surface area (Å²) in [7, 11) is 3.93. The molecule has 2 aliphatic rings. The second kappa shape index (κ2) is 20.9. The minimum Gasteiger partial charge on any atom is -0.542 e. The van der Waals surface area contributed by atoms with Crippen molar-refractivity contribution in [1.29, 1.82) is 0 Å². The molecule has 19 heteroatoms. The summed E-state index contributed by atoms with van der Waals surface area (Å²) in [6.45, 7) is 3.77. The summed E-state index contributed by atoms with van der Waals surface area (Å²) in [5.41, 5.74) is 5.92. The number of aliphatic carboxylic acids is 2. The van der Waals surface area contributed by atoms with E-state index in [1.165, 1.54) is 0 Å². The van der Waals surface area contributed by atoms with Gasteiger partial charge in [0.15, 0.2) is 5.70 Å². The van der Waals surface area contributed by atoms with Gasteiger partial charge in [0.2, 0.25) is 5.84 Å². The van der Waals surface area contributed by atoms with Crippen molar-refractivity contribution in [3.05, 3.63) is 77.0 Å². The molecule has 2 aliphatic heterocycles. The number of ketones is 1. The zero-order valence-corrected chi connectivity index (χ0v) is 29.8. The Morgan fingerprint density at radius 3 is 2.11 bits per heavy atom. The van der Waals surface area contributed by atoms with Crippen molar-refractivity contribution < 1.29 is 71.3 Å². The maximum Gasteiger partial charge on any atom is 0.430 e. The van der Waals surface area contributed by atoms with Gasteiger partial charge < -0.3 is 30.0 Å². The number of hydrogen-bond donors (Lipinski definition) is 3. The third-order valence-corrected chi connectivity index (χ3v) is 7.88. The lowest BCUT2D eigenvalue weighted by atomic mass is 10.0. The molecular formula is C35H42F6N6O7. The molecule has 296 valence electrons. The van der Waals surface area contributed by atoms with Gasteiger partial charge in [-0.15, -0.1) is 0 Å². The number of carboxylic acids is 2. The van der Waals surface area contributed by atoms with E-state index in [1.807, 2.05) is 85.4 Å². The van der Waals surface area contributed by atoms with Gasteiger partial charge in [-0.3, -0.25) is 25.1 Å². The number of amidine groups is 1. The highest BCUT2D eigenvalue weighted by atomic mass is 19.4. The number of unbranched alkanes of at least 4 members (excludes halogenated alkanes) is 2. The molecule has 1 atom stereocenters. The van der Waals surface area contributed by atoms with Crippen LogP contribution in [0.3, 0.4) is 0 Å². The molecule has 0 bridgehead atoms. The summed E-state index contributed by atoms with van der Waals surface area (Å²) < 4.78 is 63.1. The van der Waals surface area contributed by atoms with E-state index in [4.69, 9.17) is 19.8 Å². The van der Waals surface area contributed by atoms with Gasteiger partial charge in [0.05, 0.1) is 23.9 Å². The van der Waals surface area contributed by atoms with Crippen LogP contribution in [0.1, 0.15) is 77.3 Å². The number of nitrogens with zero attached hydrogens (tertiary/aromatic N) is 3. The number of carbonyl (C=O) groups is 5. The fourth-order valence-corrected chi connectivity index (χ4v) is 5.17. The smallest absolute Gasteiger partial charge is 0.430 e. The number of alkyl halides is 6. The van der Waals surface area contributed by atoms with E-state index in [0.29, 0.717) is 43.5 Å². The maximum absolute atomic E-state index is 13.7. The van der Waals surface area contributed by atoms with Crippen LogP contribution in [-0.2, 0) is 20.9 Å². The second-order valence-corrected chi connectivity index (χ2v) is 12.2. The zero-order chi connectivity index (χ0) is 40.6. The number of benzene rings is 2. The zero-order valence-electron chi connectivity index (χ0n) is 29.8. The molecule has 0 spiro atoms. The first-order chi connectivity index (χ1) is 25.3. The van der Waals surface area contributed by atoms with Gasteiger partial charge in [0.1, 0.15) is 30.3 Å². The van der Waals surface area contributed by atoms with E-state index in [9.17, 15) is 40.7 Å². The molecule has 0 saturated carbocycles. The van der Waals surface area contributed by atoms with Gasteiger partial charge in [0.25, 0.3) is 11.8 Å². The van der Waals surface area contributed by atoms with Gasteiger partial charge in [-0.1, -0.05) is 50.1 Å². The van der Waals surface area contributed by atoms with Crippen LogP contribution in [-0.4, -0.2) is 90.9 Å². The number of aliphatic imine (C=N–C) groups is 1. The Balaban J connectivity index is 0.000000610. The van der Waals surface area contributed by atoms with Crippen LogP contribution in [0.15, 0.2) is 59.7 Å². The fraction of sp³-hybridized carbons (Fsp3) is 0.429. The highest BCUT2D eigenvalue weighted by Crippen LogP contribution is 2.26. The summed E-state index contributed by atoms with van der Waals surface area (Å²) in [6, 6.07) is 15.3. The lowest BCUT2D eigenvalue weighted by Crippen LogP contribution is -2.93. The molecule has 2 aromatic rings. The number of rotatable bonds is 15. The Morgan fingerprint density at radius 2 is 1.56 bits per heavy atom. The standard InChI is InChI=1S/C31H40N6O3.2C2HF3O2/c1-4-24(38)15-9-6-10-17-26(29-32-20-27(34-29)22-12-7-5-8-13-22)35-30(39)25-16-11-14-23-21-37(31(40)28(23)25)19-18-33-36(2)3;2*3-2(4,5)1(6)7/h5,7-8,11-14,16,20,26,33H,4,6,9-10,15,17-19,21H2,1-3H3,(H,32,34)(H,35,39);2*(H,6,7)/t26-;;/m0../s1. The number of quaternary nitrogens is 2. The maximum atomic E-state index is 13.7. The van der Waals surface area contributed by atoms with Crippen molar-refractivity contribution in [2.75, 3.05) is 27.2 Å². The van der Waals surface area contributed by atoms with Crippen molar-refractivity contribution in [3.63, 3.8) is 0 Å². The summed E-state index contributed by atoms with van der Waals surface area (Å²) in [5, 5.41) is 24.8. The fourth-order valence-electron chi connectivity index (χ4n) is 5.17. The first-order valence-electron chi connectivity index (χ1n) is 16.7. The molecule has 2 aromatic carbocycles. The number of halogens is 6. The highest BCUT2D eigenvalue weighted by molar-refractivity contribution is 6.10. The van der Waals surface area contributed by atoms with Crippen molar-refractivity contribution in [1.82, 2.24) is 15.2 Å². The van der Waals surface area contributed by atoms with Crippen molar-refractivity contribution in [3.8, 4) is 0 Å². The van der Waals surface area contributed by atoms with Crippen LogP contribution >= 0.6 is 0 Å². The first-order valence-corrected chi connectivity index (χ1v) is 16.7. The lowest BCUT2D eigenvalue weighted by molar-refractivity contribution is -0.793. The third-order valence-electron chi connectivity index (χ3n) is 7.88. The van der Waals surface area contributed by atoms with Crippen molar-refractivity contribution >= 4 is 41.1 Å². The minimum absolute atomic E-state index is 0.0946. The lowest BCUT2D eigenvalue weighted by Gasteiger charge is -2.18. The molecule has 0 fully saturated rings. The molecule has 54 heavy (non-hydrogen) atoms. The summed E-state index contributed by atoms with van der Waals surface area (Å²) >= 11 is 0. The predicted molar refractivity (Wildman–Crippen MR) is 177 cm³/mol. The van der Waals surface area contributed by atoms with E-state index in [0.717, 1.165) is 48.5 Å². The Labute approximate surface area is 307 Å². The summed E-state index contributed by atoms with van der Waals surface area (Å²) in [4.78, 5) is 62.7. The normalized spacial score (nSPS) is 14.2. The average molecular weight is 773 g/mol. The summed E-state index contributed by atoms with van der Waals surface area (Å²) in [6.07, 6.45) is -4.06. The largest absolute Gasteiger partial charge is 0.542 e. The second-order valence-electron chi connectivity index (χ2n) is 12.2. The van der Waals surface area contributed by atoms with E-state index < -0.39 is 24.3 Å². The van der Waals surface area contributed by atoms with Crippen LogP contribution in [0, 0.1) is 0 Å². The molecule has 4 rings (SSSR count). The monoisotopic (exact) mass is 772 g/mol. The molecule has 0 aromatic heterocycles. The van der Waals surface area contributed by atoms with E-state index in [2.05, 4.69) is 10.3 Å². The third kappa shape index (κ3) is 14.7. The van der Waals surface area contributed by atoms with E-state index in [-0.39, 0.29) is 23.6 Å². The molecule has 0 radical (unpaired) electrons. The first kappa shape index (κ1) is 45.0. The van der Waals surface area contributed by atoms with Gasteiger partial charge in [-0.25, -0.2) is 4.99 Å². The highest BCUT2D eigenvalue weighted by Gasteiger charge is 2.34. The van der Waals surface area contributed by atoms with Crippen LogP contribution in [0.2, 0.25) is 0 Å². The molecule has 0 aliphatic carbocycles. The molecule has 0 unspecified atom stereocenters. The molecule has 13 nitrogen and oxygen atoms in total. The van der Waals surface area contributed by atoms with Crippen molar-refractivity contribution in [2.45, 2.75) is 70.4 Å². The number of hydrogen-bond acceptors (Lipinski definition) is 9.